The summed E-state index contributed by atoms with van der Waals surface area (Å²) in [6.07, 6.45) is -3.63. The minimum Gasteiger partial charge on any atom is -0.444 e. The minimum absolute atomic E-state index is 0.0179. The number of nitrogens with one attached hydrogen (secondary N) is 2. The standard InChI is InChI=1S/C23H27F3N4O2/c1-22(2,3)32-21(31)30-9-8-15(12-30)28-17-7-4-13(11-27)20-19(17)16-6-5-14(23(24,25)26)10-18(16)29-20/h4,7,14-15,28-29H,5-6,8-10,12H2,1-3H3/t14-,15?/m0/s1. The van der Waals surface area contributed by atoms with E-state index in [1.807, 2.05) is 20.8 Å². The number of carbonyl (C=O) groups excluding carboxylic acids is 1. The van der Waals surface area contributed by atoms with Crippen LogP contribution in [0.1, 0.15) is 50.4 Å². The zero-order valence-corrected chi connectivity index (χ0v) is 18.4. The lowest BCUT2D eigenvalue weighted by atomic mass is 9.86. The Morgan fingerprint density at radius 1 is 1.28 bits per heavy atom. The van der Waals surface area contributed by atoms with E-state index in [0.717, 1.165) is 23.1 Å². The number of likely N-dealkylation sites (tertiary alicyclic amines) is 1. The number of H-pyrrole nitrogens is 1. The van der Waals surface area contributed by atoms with Crippen molar-refractivity contribution in [3.8, 4) is 6.07 Å². The molecule has 32 heavy (non-hydrogen) atoms. The molecule has 2 N–H and O–H groups in total. The number of halogens is 3. The van der Waals surface area contributed by atoms with Crippen LogP contribution in [0.2, 0.25) is 0 Å². The molecule has 1 saturated heterocycles. The first-order valence-electron chi connectivity index (χ1n) is 10.8. The second-order valence-corrected chi connectivity index (χ2v) is 9.64. The molecule has 1 aromatic carbocycles. The molecule has 1 aliphatic carbocycles. The molecule has 1 aromatic heterocycles. The topological polar surface area (TPSA) is 81.2 Å². The SMILES string of the molecule is CC(C)(C)OC(=O)N1CCC(Nc2ccc(C#N)c3[nH]c4c(c23)CC[C@H](C(F)(F)F)C4)C1. The van der Waals surface area contributed by atoms with Crippen LogP contribution < -0.4 is 5.32 Å². The summed E-state index contributed by atoms with van der Waals surface area (Å²) in [7, 11) is 0. The third-order valence-corrected chi connectivity index (χ3v) is 6.12. The van der Waals surface area contributed by atoms with Crippen molar-refractivity contribution < 1.29 is 22.7 Å². The summed E-state index contributed by atoms with van der Waals surface area (Å²) in [4.78, 5) is 17.1. The molecular weight excluding hydrogens is 421 g/mol. The predicted octanol–water partition coefficient (Wildman–Crippen LogP) is 5.13. The predicted molar refractivity (Wildman–Crippen MR) is 114 cm³/mol. The molecule has 0 bridgehead atoms. The maximum Gasteiger partial charge on any atom is 0.410 e. The fourth-order valence-corrected chi connectivity index (χ4v) is 4.62. The van der Waals surface area contributed by atoms with Gasteiger partial charge in [-0.2, -0.15) is 18.4 Å². The van der Waals surface area contributed by atoms with Crippen molar-refractivity contribution in [1.82, 2.24) is 9.88 Å². The Morgan fingerprint density at radius 3 is 2.69 bits per heavy atom. The summed E-state index contributed by atoms with van der Waals surface area (Å²) < 4.78 is 45.3. The third-order valence-electron chi connectivity index (χ3n) is 6.12. The number of anilines is 1. The van der Waals surface area contributed by atoms with Crippen molar-refractivity contribution in [2.24, 2.45) is 5.92 Å². The number of benzene rings is 1. The van der Waals surface area contributed by atoms with Gasteiger partial charge in [0.15, 0.2) is 0 Å². The monoisotopic (exact) mass is 448 g/mol. The molecule has 2 aliphatic rings. The van der Waals surface area contributed by atoms with Crippen LogP contribution in [0, 0.1) is 17.2 Å². The van der Waals surface area contributed by atoms with Crippen molar-refractivity contribution in [2.75, 3.05) is 18.4 Å². The van der Waals surface area contributed by atoms with Crippen LogP contribution in [0.25, 0.3) is 10.9 Å². The summed E-state index contributed by atoms with van der Waals surface area (Å²) >= 11 is 0. The van der Waals surface area contributed by atoms with Gasteiger partial charge in [-0.15, -0.1) is 0 Å². The lowest BCUT2D eigenvalue weighted by molar-refractivity contribution is -0.177. The van der Waals surface area contributed by atoms with Crippen LogP contribution in [-0.4, -0.2) is 46.9 Å². The van der Waals surface area contributed by atoms with Gasteiger partial charge >= 0.3 is 12.3 Å². The highest BCUT2D eigenvalue weighted by Gasteiger charge is 2.42. The fourth-order valence-electron chi connectivity index (χ4n) is 4.62. The maximum atomic E-state index is 13.3. The van der Waals surface area contributed by atoms with Crippen LogP contribution in [0.15, 0.2) is 12.1 Å². The number of fused-ring (bicyclic) bond motifs is 3. The Bertz CT molecular complexity index is 1080. The molecule has 0 spiro atoms. The number of nitriles is 1. The lowest BCUT2D eigenvalue weighted by Gasteiger charge is -2.25. The number of amides is 1. The highest BCUT2D eigenvalue weighted by Crippen LogP contribution is 2.42. The molecule has 2 atom stereocenters. The van der Waals surface area contributed by atoms with E-state index in [9.17, 15) is 23.2 Å². The van der Waals surface area contributed by atoms with Crippen molar-refractivity contribution in [3.63, 3.8) is 0 Å². The van der Waals surface area contributed by atoms with Crippen LogP contribution in [-0.2, 0) is 17.6 Å². The van der Waals surface area contributed by atoms with E-state index in [2.05, 4.69) is 16.4 Å². The second kappa shape index (κ2) is 7.91. The molecule has 1 unspecified atom stereocenters. The van der Waals surface area contributed by atoms with Gasteiger partial charge < -0.3 is 19.9 Å². The Labute approximate surface area is 184 Å². The molecule has 1 fully saturated rings. The molecule has 6 nitrogen and oxygen atoms in total. The van der Waals surface area contributed by atoms with Crippen LogP contribution >= 0.6 is 0 Å². The van der Waals surface area contributed by atoms with E-state index in [4.69, 9.17) is 4.74 Å². The van der Waals surface area contributed by atoms with E-state index in [1.54, 1.807) is 17.0 Å². The van der Waals surface area contributed by atoms with Gasteiger partial charge in [-0.1, -0.05) is 0 Å². The highest BCUT2D eigenvalue weighted by atomic mass is 19.4. The Hall–Kier alpha value is -2.89. The number of nitrogens with zero attached hydrogens (tertiary/aromatic N) is 2. The second-order valence-electron chi connectivity index (χ2n) is 9.64. The number of ether oxygens (including phenoxy) is 1. The molecule has 0 saturated carbocycles. The quantitative estimate of drug-likeness (QED) is 0.668. The number of aryl methyl sites for hydroxylation is 1. The Morgan fingerprint density at radius 2 is 2.03 bits per heavy atom. The lowest BCUT2D eigenvalue weighted by Crippen LogP contribution is -2.36. The number of rotatable bonds is 2. The Kier molecular flexibility index (Phi) is 5.51. The molecule has 1 amide bonds. The molecular formula is C23H27F3N4O2. The largest absolute Gasteiger partial charge is 0.444 e. The summed E-state index contributed by atoms with van der Waals surface area (Å²) in [5, 5.41) is 13.8. The van der Waals surface area contributed by atoms with Gasteiger partial charge in [0.1, 0.15) is 11.7 Å². The van der Waals surface area contributed by atoms with Crippen molar-refractivity contribution >= 4 is 22.7 Å². The average molecular weight is 448 g/mol. The van der Waals surface area contributed by atoms with E-state index < -0.39 is 17.7 Å². The first kappa shape index (κ1) is 22.3. The van der Waals surface area contributed by atoms with E-state index in [-0.39, 0.29) is 25.0 Å². The summed E-state index contributed by atoms with van der Waals surface area (Å²) in [5.74, 6) is -1.37. The molecule has 172 valence electrons. The smallest absolute Gasteiger partial charge is 0.410 e. The van der Waals surface area contributed by atoms with E-state index >= 15 is 0 Å². The zero-order valence-electron chi connectivity index (χ0n) is 18.4. The number of alkyl halides is 3. The average Bonchev–Trinajstić information content (AvgIpc) is 3.30. The number of hydrogen-bond donors (Lipinski definition) is 2. The molecule has 9 heteroatoms. The van der Waals surface area contributed by atoms with Crippen molar-refractivity contribution in [3.05, 3.63) is 29.0 Å². The number of carbonyl (C=O) groups is 1. The number of aromatic nitrogens is 1. The van der Waals surface area contributed by atoms with Gasteiger partial charge in [0.25, 0.3) is 0 Å². The van der Waals surface area contributed by atoms with Gasteiger partial charge in [-0.05, 0) is 64.2 Å². The number of aromatic amines is 1. The molecule has 4 rings (SSSR count). The first-order chi connectivity index (χ1) is 15.0. The van der Waals surface area contributed by atoms with Crippen LogP contribution in [0.5, 0.6) is 0 Å². The molecule has 2 aromatic rings. The normalized spacial score (nSPS) is 21.3. The van der Waals surface area contributed by atoms with Crippen LogP contribution in [0.3, 0.4) is 0 Å². The van der Waals surface area contributed by atoms with Crippen molar-refractivity contribution in [2.45, 2.75) is 64.3 Å². The number of hydrogen-bond acceptors (Lipinski definition) is 4. The summed E-state index contributed by atoms with van der Waals surface area (Å²) in [5.41, 5.74) is 2.60. The van der Waals surface area contributed by atoms with Crippen molar-refractivity contribution in [1.29, 1.82) is 5.26 Å². The third kappa shape index (κ3) is 4.36. The van der Waals surface area contributed by atoms with Gasteiger partial charge in [-0.3, -0.25) is 0 Å². The summed E-state index contributed by atoms with van der Waals surface area (Å²) in [6.45, 7) is 6.50. The molecule has 0 radical (unpaired) electrons. The van der Waals surface area contributed by atoms with Gasteiger partial charge in [0.05, 0.1) is 17.0 Å². The highest BCUT2D eigenvalue weighted by molar-refractivity contribution is 5.99. The van der Waals surface area contributed by atoms with Gasteiger partial charge in [-0.25, -0.2) is 4.79 Å². The molecule has 1 aliphatic heterocycles. The fraction of sp³-hybridized carbons (Fsp3) is 0.565. The first-order valence-corrected chi connectivity index (χ1v) is 10.8. The minimum atomic E-state index is -4.23. The van der Waals surface area contributed by atoms with E-state index in [1.165, 1.54) is 0 Å². The van der Waals surface area contributed by atoms with Crippen LogP contribution in [0.4, 0.5) is 23.7 Å². The molecule has 2 heterocycles. The maximum absolute atomic E-state index is 13.3. The summed E-state index contributed by atoms with van der Waals surface area (Å²) in [6, 6.07) is 5.60. The Balaban J connectivity index is 1.59. The zero-order chi connectivity index (χ0) is 23.3. The van der Waals surface area contributed by atoms with E-state index in [0.29, 0.717) is 36.3 Å². The van der Waals surface area contributed by atoms with Gasteiger partial charge in [0, 0.05) is 35.9 Å². The van der Waals surface area contributed by atoms with Gasteiger partial charge in [0.2, 0.25) is 0 Å².